The van der Waals surface area contributed by atoms with Crippen LogP contribution in [0.5, 0.6) is 5.75 Å². The highest BCUT2D eigenvalue weighted by molar-refractivity contribution is 7.91. The van der Waals surface area contributed by atoms with Gasteiger partial charge in [-0.25, -0.2) is 22.2 Å². The molecule has 0 atom stereocenters. The van der Waals surface area contributed by atoms with Gasteiger partial charge in [-0.1, -0.05) is 12.1 Å². The fourth-order valence-corrected chi connectivity index (χ4v) is 5.88. The van der Waals surface area contributed by atoms with Crippen molar-refractivity contribution < 1.29 is 31.5 Å². The Balaban J connectivity index is 1.23. The Bertz CT molecular complexity index is 1720. The first-order valence-corrected chi connectivity index (χ1v) is 14.5. The van der Waals surface area contributed by atoms with Gasteiger partial charge in [0.2, 0.25) is 0 Å². The first-order valence-electron chi connectivity index (χ1n) is 12.8. The summed E-state index contributed by atoms with van der Waals surface area (Å²) < 4.78 is 63.0. The lowest BCUT2D eigenvalue weighted by molar-refractivity contribution is 0.0950. The van der Waals surface area contributed by atoms with Gasteiger partial charge in [-0.15, -0.1) is 0 Å². The van der Waals surface area contributed by atoms with Gasteiger partial charge in [-0.2, -0.15) is 0 Å². The maximum absolute atomic E-state index is 13.3. The number of hydrogen-bond donors (Lipinski definition) is 1. The first-order chi connectivity index (χ1) is 19.3. The van der Waals surface area contributed by atoms with Crippen molar-refractivity contribution in [3.63, 3.8) is 0 Å². The Morgan fingerprint density at radius 1 is 1.10 bits per heavy atom. The second kappa shape index (κ2) is 10.5. The predicted molar refractivity (Wildman–Crippen MR) is 143 cm³/mol. The summed E-state index contributed by atoms with van der Waals surface area (Å²) in [7, 11) is -3.54. The number of sulfone groups is 1. The van der Waals surface area contributed by atoms with Gasteiger partial charge in [-0.05, 0) is 60.9 Å². The van der Waals surface area contributed by atoms with Crippen LogP contribution in [-0.2, 0) is 27.7 Å². The summed E-state index contributed by atoms with van der Waals surface area (Å²) in [5, 5.41) is 3.55. The van der Waals surface area contributed by atoms with Gasteiger partial charge >= 0.3 is 0 Å². The number of amides is 1. The topological polar surface area (TPSA) is 107 Å². The van der Waals surface area contributed by atoms with Crippen LogP contribution in [0.1, 0.15) is 46.4 Å². The third-order valence-corrected chi connectivity index (χ3v) is 8.58. The molecule has 6 rings (SSSR count). The predicted octanol–water partition coefficient (Wildman–Crippen LogP) is 5.01. The maximum atomic E-state index is 13.3. The van der Waals surface area contributed by atoms with Crippen LogP contribution in [0.2, 0.25) is 0 Å². The van der Waals surface area contributed by atoms with E-state index in [0.717, 1.165) is 18.2 Å². The van der Waals surface area contributed by atoms with Gasteiger partial charge in [-0.3, -0.25) is 9.78 Å². The smallest absolute Gasteiger partial charge is 0.263 e. The number of aromatic nitrogens is 2. The monoisotopic (exact) mass is 565 g/mol. The third kappa shape index (κ3) is 5.52. The molecule has 3 heterocycles. The molecule has 8 nitrogen and oxygen atoms in total. The first kappa shape index (κ1) is 26.3. The van der Waals surface area contributed by atoms with Crippen molar-refractivity contribution in [2.24, 2.45) is 0 Å². The van der Waals surface area contributed by atoms with Crippen molar-refractivity contribution in [1.82, 2.24) is 15.3 Å². The Morgan fingerprint density at radius 2 is 1.95 bits per heavy atom. The van der Waals surface area contributed by atoms with Gasteiger partial charge in [0, 0.05) is 28.3 Å². The lowest BCUT2D eigenvalue weighted by Gasteiger charge is -2.13. The van der Waals surface area contributed by atoms with E-state index >= 15 is 0 Å². The number of rotatable bonds is 7. The zero-order valence-electron chi connectivity index (χ0n) is 21.3. The highest BCUT2D eigenvalue weighted by atomic mass is 32.2. The molecule has 40 heavy (non-hydrogen) atoms. The van der Waals surface area contributed by atoms with Crippen molar-refractivity contribution in [1.29, 1.82) is 0 Å². The van der Waals surface area contributed by atoms with E-state index < -0.39 is 22.2 Å². The molecule has 11 heteroatoms. The number of benzene rings is 2. The number of hydrogen-bond acceptors (Lipinski definition) is 7. The van der Waals surface area contributed by atoms with Crippen LogP contribution in [0.4, 0.5) is 8.78 Å². The molecule has 1 saturated carbocycles. The van der Waals surface area contributed by atoms with E-state index in [0.29, 0.717) is 33.8 Å². The molecule has 4 aromatic rings. The summed E-state index contributed by atoms with van der Waals surface area (Å²) in [6, 6.07) is 14.3. The van der Waals surface area contributed by atoms with Gasteiger partial charge in [0.25, 0.3) is 12.3 Å². The second-order valence-electron chi connectivity index (χ2n) is 9.81. The zero-order valence-corrected chi connectivity index (χ0v) is 22.1. The summed E-state index contributed by atoms with van der Waals surface area (Å²) in [5.74, 6) is -0.193. The van der Waals surface area contributed by atoms with Crippen LogP contribution in [0.3, 0.4) is 0 Å². The fourth-order valence-electron chi connectivity index (χ4n) is 4.49. The molecule has 2 aromatic carbocycles. The van der Waals surface area contributed by atoms with Crippen LogP contribution in [-0.4, -0.2) is 42.8 Å². The summed E-state index contributed by atoms with van der Waals surface area (Å²) >= 11 is 0. The number of carbonyl (C=O) groups is 1. The van der Waals surface area contributed by atoms with Gasteiger partial charge in [0.15, 0.2) is 9.84 Å². The number of fused-ring (bicyclic) bond motifs is 2. The summed E-state index contributed by atoms with van der Waals surface area (Å²) in [4.78, 5) is 22.1. The summed E-state index contributed by atoms with van der Waals surface area (Å²) in [6.07, 6.45) is 0.844. The lowest BCUT2D eigenvalue weighted by Crippen LogP contribution is -2.23. The van der Waals surface area contributed by atoms with E-state index in [4.69, 9.17) is 14.5 Å². The Kier molecular flexibility index (Phi) is 6.93. The summed E-state index contributed by atoms with van der Waals surface area (Å²) in [6.45, 7) is 0.377. The van der Waals surface area contributed by atoms with Gasteiger partial charge in [0.1, 0.15) is 5.75 Å². The van der Waals surface area contributed by atoms with Crippen LogP contribution >= 0.6 is 0 Å². The Labute approximate surface area is 229 Å². The number of carbonyl (C=O) groups excluding carboxylic acids is 1. The second-order valence-corrected chi connectivity index (χ2v) is 11.9. The molecule has 2 aromatic heterocycles. The number of pyridine rings is 2. The molecule has 1 aliphatic carbocycles. The van der Waals surface area contributed by atoms with Crippen LogP contribution < -0.4 is 10.1 Å². The standard InChI is InChI=1S/C29H25F2N3O5S/c30-28(31)17-3-7-23(26(11-17)39-22-5-6-22)24-8-4-19-14-32-21(13-25(19)34-24)15-33-29(35)18-1-2-20-16-38-9-10-40(36,37)27(20)12-18/h1-4,7-8,11-14,22,28H,5-6,9-10,15-16H2,(H,33,35). The molecule has 1 N–H and O–H groups in total. The van der Waals surface area contributed by atoms with E-state index in [9.17, 15) is 22.0 Å². The van der Waals surface area contributed by atoms with Crippen LogP contribution in [0.15, 0.2) is 65.7 Å². The molecule has 1 amide bonds. The SMILES string of the molecule is O=C(NCc1cc2nc(-c3ccc(C(F)F)cc3OC3CC3)ccc2cn1)c1ccc2c(c1)S(=O)(=O)CCOC2. The Hall–Kier alpha value is -3.96. The number of ether oxygens (including phenoxy) is 2. The molecular formula is C29H25F2N3O5S. The molecule has 206 valence electrons. The summed E-state index contributed by atoms with van der Waals surface area (Å²) in [5.41, 5.74) is 2.99. The number of nitrogens with zero attached hydrogens (tertiary/aromatic N) is 2. The van der Waals surface area contributed by atoms with E-state index in [-0.39, 0.29) is 47.6 Å². The average Bonchev–Trinajstić information content (AvgIpc) is 3.78. The van der Waals surface area contributed by atoms with Gasteiger partial charge < -0.3 is 14.8 Å². The van der Waals surface area contributed by atoms with Gasteiger partial charge in [0.05, 0.1) is 53.4 Å². The quantitative estimate of drug-likeness (QED) is 0.336. The van der Waals surface area contributed by atoms with Crippen molar-refractivity contribution in [3.05, 3.63) is 83.2 Å². The molecule has 0 unspecified atom stereocenters. The normalized spacial score (nSPS) is 16.4. The molecule has 0 radical (unpaired) electrons. The lowest BCUT2D eigenvalue weighted by atomic mass is 10.1. The number of nitrogens with one attached hydrogen (secondary N) is 1. The molecule has 0 saturated heterocycles. The highest BCUT2D eigenvalue weighted by Crippen LogP contribution is 2.37. The van der Waals surface area contributed by atoms with Crippen molar-refractivity contribution in [3.8, 4) is 17.0 Å². The van der Waals surface area contributed by atoms with Crippen molar-refractivity contribution >= 4 is 26.6 Å². The van der Waals surface area contributed by atoms with Crippen molar-refractivity contribution in [2.75, 3.05) is 12.4 Å². The number of halogens is 2. The van der Waals surface area contributed by atoms with E-state index in [1.54, 1.807) is 36.5 Å². The minimum atomic E-state index is -3.54. The molecule has 0 bridgehead atoms. The van der Waals surface area contributed by atoms with E-state index in [1.807, 2.05) is 6.07 Å². The van der Waals surface area contributed by atoms with E-state index in [1.165, 1.54) is 18.2 Å². The third-order valence-electron chi connectivity index (χ3n) is 6.83. The molecule has 1 aliphatic heterocycles. The molecule has 2 aliphatic rings. The minimum Gasteiger partial charge on any atom is -0.490 e. The average molecular weight is 566 g/mol. The maximum Gasteiger partial charge on any atom is 0.263 e. The van der Waals surface area contributed by atoms with Crippen LogP contribution in [0, 0.1) is 0 Å². The molecule has 1 fully saturated rings. The minimum absolute atomic E-state index is 0.0274. The van der Waals surface area contributed by atoms with Crippen molar-refractivity contribution in [2.45, 2.75) is 43.4 Å². The highest BCUT2D eigenvalue weighted by Gasteiger charge is 2.26. The molecular weight excluding hydrogens is 540 g/mol. The van der Waals surface area contributed by atoms with Crippen LogP contribution in [0.25, 0.3) is 22.2 Å². The zero-order chi connectivity index (χ0) is 27.9. The largest absolute Gasteiger partial charge is 0.490 e. The Morgan fingerprint density at radius 3 is 2.75 bits per heavy atom. The molecule has 0 spiro atoms. The van der Waals surface area contributed by atoms with E-state index in [2.05, 4.69) is 10.3 Å². The fraction of sp³-hybridized carbons (Fsp3) is 0.276. The number of alkyl halides is 2.